The van der Waals surface area contributed by atoms with Crippen LogP contribution in [-0.4, -0.2) is 25.7 Å². The van der Waals surface area contributed by atoms with Crippen molar-refractivity contribution in [2.45, 2.75) is 69.1 Å². The number of benzene rings is 1. The van der Waals surface area contributed by atoms with E-state index in [1.165, 1.54) is 6.42 Å². The van der Waals surface area contributed by atoms with Gasteiger partial charge in [0, 0.05) is 5.92 Å². The molecular formula is C30H35NO4S. The summed E-state index contributed by atoms with van der Waals surface area (Å²) in [6.45, 7) is 0. The predicted molar refractivity (Wildman–Crippen MR) is 135 cm³/mol. The van der Waals surface area contributed by atoms with Crippen LogP contribution in [0.3, 0.4) is 0 Å². The van der Waals surface area contributed by atoms with Crippen LogP contribution in [0, 0.1) is 58.2 Å². The third-order valence-electron chi connectivity index (χ3n) is 10.8. The number of fused-ring (bicyclic) bond motifs is 7. The molecule has 0 spiro atoms. The second-order valence-corrected chi connectivity index (χ2v) is 14.2. The molecule has 36 heavy (non-hydrogen) atoms. The predicted octanol–water partition coefficient (Wildman–Crippen LogP) is 5.32. The molecule has 0 radical (unpaired) electrons. The van der Waals surface area contributed by atoms with Gasteiger partial charge in [0.15, 0.2) is 9.84 Å². The van der Waals surface area contributed by atoms with Gasteiger partial charge in [-0.1, -0.05) is 37.1 Å². The number of carbonyl (C=O) groups excluding carboxylic acids is 2. The van der Waals surface area contributed by atoms with Crippen LogP contribution in [0.2, 0.25) is 0 Å². The van der Waals surface area contributed by atoms with Crippen LogP contribution >= 0.6 is 0 Å². The van der Waals surface area contributed by atoms with Crippen molar-refractivity contribution >= 4 is 21.4 Å². The lowest BCUT2D eigenvalue weighted by atomic mass is 9.45. The van der Waals surface area contributed by atoms with E-state index in [1.54, 1.807) is 12.1 Å². The normalized spacial score (nSPS) is 40.1. The van der Waals surface area contributed by atoms with Crippen LogP contribution in [-0.2, 0) is 19.4 Å². The lowest BCUT2D eigenvalue weighted by Crippen LogP contribution is -2.55. The van der Waals surface area contributed by atoms with Crippen molar-refractivity contribution in [3.05, 3.63) is 42.0 Å². The Morgan fingerprint density at radius 2 is 1.58 bits per heavy atom. The van der Waals surface area contributed by atoms with Gasteiger partial charge in [0.1, 0.15) is 6.07 Å². The summed E-state index contributed by atoms with van der Waals surface area (Å²) in [5.74, 6) is 1.51. The molecule has 0 saturated heterocycles. The summed E-state index contributed by atoms with van der Waals surface area (Å²) in [4.78, 5) is 25.5. The van der Waals surface area contributed by atoms with Gasteiger partial charge in [-0.25, -0.2) is 8.42 Å². The molecule has 8 unspecified atom stereocenters. The summed E-state index contributed by atoms with van der Waals surface area (Å²) < 4.78 is 27.0. The molecule has 4 saturated carbocycles. The number of hydrogen-bond donors (Lipinski definition) is 0. The standard InChI is InChI=1S/C30H35NO4S/c31-17-19-16-26-22-9-11-24-23(21(22)10-12-25(26)29(33)28(19)32)13-15-30(14-5-4-8-27(24)30)18-36(34,35)20-6-2-1-3-7-20/h1-3,6-7,16,21-27H,4-5,8-15,18H2. The molecule has 1 aromatic rings. The summed E-state index contributed by atoms with van der Waals surface area (Å²) in [6, 6.07) is 10.9. The topological polar surface area (TPSA) is 92.1 Å². The van der Waals surface area contributed by atoms with Crippen molar-refractivity contribution in [3.8, 4) is 6.07 Å². The lowest BCUT2D eigenvalue weighted by molar-refractivity contribution is -0.143. The third kappa shape index (κ3) is 3.72. The second kappa shape index (κ2) is 8.94. The smallest absolute Gasteiger partial charge is 0.239 e. The minimum Gasteiger partial charge on any atom is -0.290 e. The van der Waals surface area contributed by atoms with E-state index in [-0.39, 0.29) is 34.4 Å². The molecule has 5 aliphatic rings. The molecule has 0 aromatic heterocycles. The molecular weight excluding hydrogens is 470 g/mol. The number of Topliss-reactive ketones (excluding diaryl/α,β-unsaturated/α-hetero) is 2. The van der Waals surface area contributed by atoms with E-state index in [2.05, 4.69) is 0 Å². The van der Waals surface area contributed by atoms with Crippen LogP contribution < -0.4 is 0 Å². The van der Waals surface area contributed by atoms with Gasteiger partial charge in [-0.2, -0.15) is 5.26 Å². The Morgan fingerprint density at radius 3 is 2.36 bits per heavy atom. The van der Waals surface area contributed by atoms with Crippen molar-refractivity contribution in [3.63, 3.8) is 0 Å². The molecule has 190 valence electrons. The zero-order valence-corrected chi connectivity index (χ0v) is 21.6. The number of rotatable bonds is 3. The van der Waals surface area contributed by atoms with Crippen molar-refractivity contribution in [2.24, 2.45) is 46.8 Å². The van der Waals surface area contributed by atoms with Crippen LogP contribution in [0.15, 0.2) is 46.9 Å². The van der Waals surface area contributed by atoms with E-state index in [1.807, 2.05) is 30.3 Å². The Bertz CT molecular complexity index is 1250. The Labute approximate surface area is 214 Å². The molecule has 5 aliphatic carbocycles. The third-order valence-corrected chi connectivity index (χ3v) is 12.8. The highest BCUT2D eigenvalue weighted by Crippen LogP contribution is 2.63. The van der Waals surface area contributed by atoms with Gasteiger partial charge in [0.2, 0.25) is 11.6 Å². The fraction of sp³-hybridized carbons (Fsp3) is 0.633. The zero-order chi connectivity index (χ0) is 25.1. The van der Waals surface area contributed by atoms with Crippen LogP contribution in [0.4, 0.5) is 0 Å². The summed E-state index contributed by atoms with van der Waals surface area (Å²) >= 11 is 0. The molecule has 6 rings (SSSR count). The highest BCUT2D eigenvalue weighted by Gasteiger charge is 2.58. The van der Waals surface area contributed by atoms with E-state index < -0.39 is 15.6 Å². The number of allylic oxidation sites excluding steroid dienone is 2. The number of carbonyl (C=O) groups is 2. The largest absolute Gasteiger partial charge is 0.290 e. The SMILES string of the molecule is N#CC1=CC2C(CCC3C2CCC2C3CCC3(CS(=O)(=O)c4ccccc4)CCCCC23)C(=O)C1=O. The number of hydrogen-bond acceptors (Lipinski definition) is 5. The maximum Gasteiger partial charge on any atom is 0.239 e. The van der Waals surface area contributed by atoms with E-state index in [4.69, 9.17) is 0 Å². The number of nitrogens with zero attached hydrogens (tertiary/aromatic N) is 1. The molecule has 0 aliphatic heterocycles. The summed E-state index contributed by atoms with van der Waals surface area (Å²) in [5, 5.41) is 9.45. The molecule has 8 atom stereocenters. The van der Waals surface area contributed by atoms with Gasteiger partial charge in [-0.05, 0) is 104 Å². The number of sulfone groups is 1. The summed E-state index contributed by atoms with van der Waals surface area (Å²) in [6.07, 6.45) is 12.1. The molecule has 6 heteroatoms. The van der Waals surface area contributed by atoms with Gasteiger partial charge in [0.05, 0.1) is 16.2 Å². The highest BCUT2D eigenvalue weighted by atomic mass is 32.2. The first-order valence-electron chi connectivity index (χ1n) is 13.8. The Hall–Kier alpha value is -2.26. The van der Waals surface area contributed by atoms with Crippen molar-refractivity contribution < 1.29 is 18.0 Å². The van der Waals surface area contributed by atoms with E-state index in [0.29, 0.717) is 34.5 Å². The highest BCUT2D eigenvalue weighted by molar-refractivity contribution is 7.91. The minimum atomic E-state index is -3.34. The molecule has 4 fully saturated rings. The molecule has 0 bridgehead atoms. The summed E-state index contributed by atoms with van der Waals surface area (Å²) in [5.41, 5.74) is -0.0794. The average Bonchev–Trinajstić information content (AvgIpc) is 2.90. The molecule has 5 nitrogen and oxygen atoms in total. The Morgan fingerprint density at radius 1 is 0.861 bits per heavy atom. The van der Waals surface area contributed by atoms with Gasteiger partial charge < -0.3 is 0 Å². The maximum absolute atomic E-state index is 13.5. The molecule has 0 amide bonds. The Balaban J connectivity index is 1.28. The molecule has 0 heterocycles. The number of nitriles is 1. The van der Waals surface area contributed by atoms with Crippen LogP contribution in [0.1, 0.15) is 64.2 Å². The van der Waals surface area contributed by atoms with Crippen LogP contribution in [0.25, 0.3) is 0 Å². The fourth-order valence-corrected chi connectivity index (χ4v) is 11.5. The van der Waals surface area contributed by atoms with Crippen molar-refractivity contribution in [2.75, 3.05) is 5.75 Å². The fourth-order valence-electron chi connectivity index (χ4n) is 9.45. The minimum absolute atomic E-state index is 0.0149. The van der Waals surface area contributed by atoms with Gasteiger partial charge >= 0.3 is 0 Å². The van der Waals surface area contributed by atoms with Crippen LogP contribution in [0.5, 0.6) is 0 Å². The summed E-state index contributed by atoms with van der Waals surface area (Å²) in [7, 11) is -3.34. The van der Waals surface area contributed by atoms with Crippen molar-refractivity contribution in [1.82, 2.24) is 0 Å². The average molecular weight is 506 g/mol. The van der Waals surface area contributed by atoms with Crippen molar-refractivity contribution in [1.29, 1.82) is 5.26 Å². The monoisotopic (exact) mass is 505 g/mol. The van der Waals surface area contributed by atoms with Gasteiger partial charge in [-0.15, -0.1) is 0 Å². The zero-order valence-electron chi connectivity index (χ0n) is 20.8. The molecule has 0 N–H and O–H groups in total. The first-order valence-corrected chi connectivity index (χ1v) is 15.5. The van der Waals surface area contributed by atoms with E-state index in [0.717, 1.165) is 57.8 Å². The quantitative estimate of drug-likeness (QED) is 0.519. The maximum atomic E-state index is 13.5. The lowest BCUT2D eigenvalue weighted by Gasteiger charge is -2.60. The van der Waals surface area contributed by atoms with E-state index >= 15 is 0 Å². The molecule has 1 aromatic carbocycles. The Kier molecular flexibility index (Phi) is 5.98. The van der Waals surface area contributed by atoms with E-state index in [9.17, 15) is 23.3 Å². The second-order valence-electron chi connectivity index (χ2n) is 12.2. The first-order chi connectivity index (χ1) is 17.3. The van der Waals surface area contributed by atoms with Gasteiger partial charge in [0.25, 0.3) is 0 Å². The number of ketones is 2. The first kappa shape index (κ1) is 24.1. The van der Waals surface area contributed by atoms with Gasteiger partial charge in [-0.3, -0.25) is 9.59 Å².